The number of sulfonamides is 1. The average molecular weight is 352 g/mol. The molecule has 1 heterocycles. The van der Waals surface area contributed by atoms with E-state index in [9.17, 15) is 8.42 Å². The molecule has 0 amide bonds. The minimum absolute atomic E-state index is 0.370. The van der Waals surface area contributed by atoms with Gasteiger partial charge in [-0.1, -0.05) is 48.0 Å². The van der Waals surface area contributed by atoms with E-state index < -0.39 is 10.0 Å². The van der Waals surface area contributed by atoms with Crippen LogP contribution in [0.3, 0.4) is 0 Å². The van der Waals surface area contributed by atoms with Gasteiger partial charge in [0.05, 0.1) is 31.1 Å². The van der Waals surface area contributed by atoms with Crippen LogP contribution < -0.4 is 4.90 Å². The van der Waals surface area contributed by atoms with Gasteiger partial charge in [-0.3, -0.25) is 0 Å². The number of nitrogens with zero attached hydrogens (tertiary/aromatic N) is 1. The Hall–Kier alpha value is -1.40. The van der Waals surface area contributed by atoms with Crippen molar-refractivity contribution >= 4 is 21.6 Å². The Morgan fingerprint density at radius 3 is 2.22 bits per heavy atom. The standard InChI is InChI=1S/C17H19ClN2O2S/c18-17-9-5-4-6-15(17)14-19-10-12-20(13-11-19)23(21,22)16-7-2-1-3-8-16/h1-9H,10-14H2/p+1. The first-order chi connectivity index (χ1) is 11.1. The highest BCUT2D eigenvalue weighted by atomic mass is 35.5. The van der Waals surface area contributed by atoms with E-state index in [1.165, 1.54) is 4.90 Å². The van der Waals surface area contributed by atoms with Crippen LogP contribution in [0.5, 0.6) is 0 Å². The summed E-state index contributed by atoms with van der Waals surface area (Å²) in [7, 11) is -3.37. The van der Waals surface area contributed by atoms with E-state index >= 15 is 0 Å². The van der Waals surface area contributed by atoms with Crippen LogP contribution in [0.4, 0.5) is 0 Å². The maximum absolute atomic E-state index is 12.6. The molecule has 0 spiro atoms. The summed E-state index contributed by atoms with van der Waals surface area (Å²) in [6, 6.07) is 16.5. The zero-order valence-electron chi connectivity index (χ0n) is 12.8. The molecule has 1 N–H and O–H groups in total. The van der Waals surface area contributed by atoms with Crippen molar-refractivity contribution in [2.24, 2.45) is 0 Å². The van der Waals surface area contributed by atoms with Crippen LogP contribution in [0.2, 0.25) is 5.02 Å². The number of benzene rings is 2. The third-order valence-corrected chi connectivity index (χ3v) is 6.49. The molecule has 0 aliphatic carbocycles. The van der Waals surface area contributed by atoms with Crippen LogP contribution >= 0.6 is 11.6 Å². The molecule has 0 aromatic heterocycles. The monoisotopic (exact) mass is 351 g/mol. The minimum Gasteiger partial charge on any atom is -0.329 e. The van der Waals surface area contributed by atoms with Gasteiger partial charge in [-0.25, -0.2) is 8.42 Å². The van der Waals surface area contributed by atoms with Crippen LogP contribution in [0, 0.1) is 0 Å². The number of halogens is 1. The molecule has 0 radical (unpaired) electrons. The molecule has 23 heavy (non-hydrogen) atoms. The zero-order valence-corrected chi connectivity index (χ0v) is 14.4. The van der Waals surface area contributed by atoms with Crippen molar-refractivity contribution in [2.45, 2.75) is 11.4 Å². The molecule has 1 aliphatic heterocycles. The van der Waals surface area contributed by atoms with Crippen molar-refractivity contribution in [1.29, 1.82) is 0 Å². The van der Waals surface area contributed by atoms with Crippen molar-refractivity contribution < 1.29 is 13.3 Å². The lowest BCUT2D eigenvalue weighted by molar-refractivity contribution is -0.917. The summed E-state index contributed by atoms with van der Waals surface area (Å²) < 4.78 is 26.8. The molecule has 0 unspecified atom stereocenters. The fraction of sp³-hybridized carbons (Fsp3) is 0.294. The highest BCUT2D eigenvalue weighted by Gasteiger charge is 2.30. The second-order valence-corrected chi connectivity index (χ2v) is 8.08. The normalized spacial score (nSPS) is 17.3. The van der Waals surface area contributed by atoms with E-state index in [0.29, 0.717) is 18.0 Å². The van der Waals surface area contributed by atoms with E-state index in [1.54, 1.807) is 28.6 Å². The predicted octanol–water partition coefficient (Wildman–Crippen LogP) is 1.43. The third kappa shape index (κ3) is 3.75. The maximum Gasteiger partial charge on any atom is 0.243 e. The fourth-order valence-electron chi connectivity index (χ4n) is 2.87. The molecule has 2 aromatic rings. The molecule has 1 aliphatic rings. The van der Waals surface area contributed by atoms with Crippen LogP contribution in [0.25, 0.3) is 0 Å². The summed E-state index contributed by atoms with van der Waals surface area (Å²) in [5, 5.41) is 0.777. The van der Waals surface area contributed by atoms with Crippen LogP contribution in [-0.2, 0) is 16.6 Å². The second-order valence-electron chi connectivity index (χ2n) is 5.74. The number of hydrogen-bond acceptors (Lipinski definition) is 2. The van der Waals surface area contributed by atoms with Gasteiger partial charge in [0.2, 0.25) is 10.0 Å². The molecule has 0 atom stereocenters. The van der Waals surface area contributed by atoms with E-state index in [2.05, 4.69) is 0 Å². The topological polar surface area (TPSA) is 41.8 Å². The summed E-state index contributed by atoms with van der Waals surface area (Å²) in [5.74, 6) is 0. The molecule has 4 nitrogen and oxygen atoms in total. The number of rotatable bonds is 4. The Kier molecular flexibility index (Phi) is 5.02. The summed E-state index contributed by atoms with van der Waals surface area (Å²) in [6.45, 7) is 3.49. The highest BCUT2D eigenvalue weighted by molar-refractivity contribution is 7.89. The molecule has 6 heteroatoms. The van der Waals surface area contributed by atoms with Crippen molar-refractivity contribution in [1.82, 2.24) is 4.31 Å². The predicted molar refractivity (Wildman–Crippen MR) is 91.1 cm³/mol. The molecule has 1 fully saturated rings. The summed E-state index contributed by atoms with van der Waals surface area (Å²) in [6.07, 6.45) is 0. The van der Waals surface area contributed by atoms with Gasteiger partial charge in [-0.2, -0.15) is 4.31 Å². The average Bonchev–Trinajstić information content (AvgIpc) is 2.58. The second kappa shape index (κ2) is 7.01. The molecule has 2 aromatic carbocycles. The van der Waals surface area contributed by atoms with Gasteiger partial charge >= 0.3 is 0 Å². The fourth-order valence-corrected chi connectivity index (χ4v) is 4.54. The first-order valence-corrected chi connectivity index (χ1v) is 9.51. The van der Waals surface area contributed by atoms with Gasteiger partial charge in [0.1, 0.15) is 6.54 Å². The van der Waals surface area contributed by atoms with Gasteiger partial charge < -0.3 is 4.90 Å². The van der Waals surface area contributed by atoms with Crippen LogP contribution in [0.1, 0.15) is 5.56 Å². The number of piperazine rings is 1. The van der Waals surface area contributed by atoms with Gasteiger partial charge in [0.15, 0.2) is 0 Å². The van der Waals surface area contributed by atoms with Crippen LogP contribution in [0.15, 0.2) is 59.5 Å². The smallest absolute Gasteiger partial charge is 0.243 e. The van der Waals surface area contributed by atoms with E-state index in [4.69, 9.17) is 11.6 Å². The SMILES string of the molecule is O=S(=O)(c1ccccc1)N1CC[NH+](Cc2ccccc2Cl)CC1. The molecule has 0 saturated carbocycles. The van der Waals surface area contributed by atoms with E-state index in [-0.39, 0.29) is 0 Å². The lowest BCUT2D eigenvalue weighted by atomic mass is 10.2. The lowest BCUT2D eigenvalue weighted by Gasteiger charge is -2.31. The number of nitrogens with one attached hydrogen (secondary N) is 1. The van der Waals surface area contributed by atoms with Crippen molar-refractivity contribution in [2.75, 3.05) is 26.2 Å². The van der Waals surface area contributed by atoms with Crippen molar-refractivity contribution in [3.8, 4) is 0 Å². The quantitative estimate of drug-likeness (QED) is 0.905. The van der Waals surface area contributed by atoms with Crippen molar-refractivity contribution in [3.05, 3.63) is 65.2 Å². The Balaban J connectivity index is 1.64. The van der Waals surface area contributed by atoms with Gasteiger partial charge in [0, 0.05) is 10.6 Å². The summed E-state index contributed by atoms with van der Waals surface area (Å²) in [5.41, 5.74) is 1.11. The van der Waals surface area contributed by atoms with Crippen LogP contribution in [-0.4, -0.2) is 38.9 Å². The molecule has 0 bridgehead atoms. The van der Waals surface area contributed by atoms with Gasteiger partial charge in [0.25, 0.3) is 0 Å². The van der Waals surface area contributed by atoms with Gasteiger partial charge in [-0.05, 0) is 18.2 Å². The number of hydrogen-bond donors (Lipinski definition) is 1. The summed E-state index contributed by atoms with van der Waals surface area (Å²) >= 11 is 6.21. The minimum atomic E-state index is -3.37. The first-order valence-electron chi connectivity index (χ1n) is 7.69. The lowest BCUT2D eigenvalue weighted by Crippen LogP contribution is -3.13. The number of quaternary nitrogens is 1. The molecule has 122 valence electrons. The molecule has 1 saturated heterocycles. The van der Waals surface area contributed by atoms with Gasteiger partial charge in [-0.15, -0.1) is 0 Å². The van der Waals surface area contributed by atoms with E-state index in [1.807, 2.05) is 30.3 Å². The zero-order chi connectivity index (χ0) is 16.3. The maximum atomic E-state index is 12.6. The Bertz CT molecular complexity index is 757. The van der Waals surface area contributed by atoms with E-state index in [0.717, 1.165) is 30.2 Å². The Labute approximate surface area is 142 Å². The largest absolute Gasteiger partial charge is 0.329 e. The molecular weight excluding hydrogens is 332 g/mol. The Morgan fingerprint density at radius 2 is 1.57 bits per heavy atom. The molecule has 3 rings (SSSR count). The summed E-state index contributed by atoms with van der Waals surface area (Å²) in [4.78, 5) is 1.73. The van der Waals surface area contributed by atoms with Crippen molar-refractivity contribution in [3.63, 3.8) is 0 Å². The highest BCUT2D eigenvalue weighted by Crippen LogP contribution is 2.16. The Morgan fingerprint density at radius 1 is 0.957 bits per heavy atom. The first kappa shape index (κ1) is 16.5. The third-order valence-electron chi connectivity index (χ3n) is 4.21. The molecular formula is C17H20ClN2O2S+.